The number of benzene rings is 1. The van der Waals surface area contributed by atoms with E-state index in [0.717, 1.165) is 5.56 Å². The van der Waals surface area contributed by atoms with Crippen LogP contribution >= 0.6 is 9.12 Å². The van der Waals surface area contributed by atoms with Crippen molar-refractivity contribution in [1.82, 2.24) is 0 Å². The Labute approximate surface area is 79.3 Å². The Morgan fingerprint density at radius 3 is 2.31 bits per heavy atom. The minimum atomic E-state index is -0.198. The fourth-order valence-corrected chi connectivity index (χ4v) is 0.835. The number of carbonyl (C=O) groups is 1. The normalized spacial score (nSPS) is 8.08. The van der Waals surface area contributed by atoms with Gasteiger partial charge in [0.05, 0.1) is 13.5 Å². The fraction of sp³-hybridized carbons (Fsp3) is 0.222. The van der Waals surface area contributed by atoms with Crippen molar-refractivity contribution in [3.63, 3.8) is 0 Å². The molecule has 0 bridgehead atoms. The summed E-state index contributed by atoms with van der Waals surface area (Å²) in [7, 11) is 3.12. The van der Waals surface area contributed by atoms with Crippen LogP contribution in [0.25, 0.3) is 0 Å². The second-order valence-corrected chi connectivity index (χ2v) is 2.24. The fourth-order valence-electron chi connectivity index (χ4n) is 0.835. The van der Waals surface area contributed by atoms with Gasteiger partial charge in [-0.2, -0.15) is 0 Å². The summed E-state index contributed by atoms with van der Waals surface area (Å²) in [6.07, 6.45) is 0.358. The van der Waals surface area contributed by atoms with E-state index in [2.05, 4.69) is 4.74 Å². The van der Waals surface area contributed by atoms with Gasteiger partial charge in [0.1, 0.15) is 9.12 Å². The molecule has 0 aliphatic heterocycles. The molecule has 13 heavy (non-hydrogen) atoms. The summed E-state index contributed by atoms with van der Waals surface area (Å²) in [6.45, 7) is 0. The standard InChI is InChI=1S/C9H10O2.HOP/c1-11-9(10)7-8-5-3-2-4-6-8;1-2/h2-6H,7H2,1H3;2H. The van der Waals surface area contributed by atoms with Crippen LogP contribution in [0.5, 0.6) is 0 Å². The smallest absolute Gasteiger partial charge is 0.309 e. The maximum absolute atomic E-state index is 10.8. The molecule has 1 aromatic carbocycles. The van der Waals surface area contributed by atoms with Crippen LogP contribution in [0.4, 0.5) is 0 Å². The van der Waals surface area contributed by atoms with E-state index < -0.39 is 0 Å². The first-order chi connectivity index (χ1) is 6.33. The number of ether oxygens (including phenoxy) is 1. The zero-order valence-corrected chi connectivity index (χ0v) is 8.32. The molecule has 70 valence electrons. The van der Waals surface area contributed by atoms with Gasteiger partial charge < -0.3 is 4.74 Å². The Balaban J connectivity index is 0.000000671. The van der Waals surface area contributed by atoms with Crippen LogP contribution < -0.4 is 0 Å². The topological polar surface area (TPSA) is 43.4 Å². The highest BCUT2D eigenvalue weighted by molar-refractivity contribution is 7.00. The molecule has 3 nitrogen and oxygen atoms in total. The van der Waals surface area contributed by atoms with Gasteiger partial charge in [0.25, 0.3) is 0 Å². The van der Waals surface area contributed by atoms with Crippen LogP contribution in [0.3, 0.4) is 0 Å². The quantitative estimate of drug-likeness (QED) is 0.538. The summed E-state index contributed by atoms with van der Waals surface area (Å²) in [5.41, 5.74) is 0.986. The number of methoxy groups -OCH3 is 1. The van der Waals surface area contributed by atoms with Crippen molar-refractivity contribution in [1.29, 1.82) is 0 Å². The lowest BCUT2D eigenvalue weighted by Gasteiger charge is -1.97. The van der Waals surface area contributed by atoms with Crippen LogP contribution in [0.15, 0.2) is 30.3 Å². The van der Waals surface area contributed by atoms with Gasteiger partial charge in [0.15, 0.2) is 0 Å². The molecule has 0 aliphatic rings. The van der Waals surface area contributed by atoms with E-state index in [9.17, 15) is 4.79 Å². The molecular formula is C9H11O3P. The number of hydrogen-bond acceptors (Lipinski definition) is 3. The summed E-state index contributed by atoms with van der Waals surface area (Å²) >= 11 is 0. The van der Waals surface area contributed by atoms with Crippen molar-refractivity contribution in [2.24, 2.45) is 0 Å². The Kier molecular flexibility index (Phi) is 6.75. The van der Waals surface area contributed by atoms with Crippen LogP contribution in [0, 0.1) is 0 Å². The third-order valence-corrected chi connectivity index (χ3v) is 1.42. The zero-order chi connectivity index (χ0) is 10.1. The highest BCUT2D eigenvalue weighted by atomic mass is 31.0. The monoisotopic (exact) mass is 198 g/mol. The summed E-state index contributed by atoms with van der Waals surface area (Å²) < 4.78 is 12.6. The predicted molar refractivity (Wildman–Crippen MR) is 51.2 cm³/mol. The van der Waals surface area contributed by atoms with E-state index in [0.29, 0.717) is 6.42 Å². The van der Waals surface area contributed by atoms with Gasteiger partial charge in [-0.3, -0.25) is 9.36 Å². The van der Waals surface area contributed by atoms with E-state index in [1.165, 1.54) is 7.11 Å². The van der Waals surface area contributed by atoms with Crippen molar-refractivity contribution >= 4 is 15.1 Å². The van der Waals surface area contributed by atoms with Crippen molar-refractivity contribution in [2.45, 2.75) is 6.42 Å². The molecule has 0 N–H and O–H groups in total. The lowest BCUT2D eigenvalue weighted by Crippen LogP contribution is -2.03. The summed E-state index contributed by atoms with van der Waals surface area (Å²) in [6, 6.07) is 9.52. The van der Waals surface area contributed by atoms with Gasteiger partial charge in [-0.15, -0.1) is 0 Å². The molecule has 0 saturated carbocycles. The second-order valence-electron chi connectivity index (χ2n) is 2.24. The third kappa shape index (κ3) is 5.10. The molecular weight excluding hydrogens is 187 g/mol. The Hall–Kier alpha value is -1.21. The van der Waals surface area contributed by atoms with Crippen molar-refractivity contribution in [3.8, 4) is 0 Å². The third-order valence-electron chi connectivity index (χ3n) is 1.42. The maximum atomic E-state index is 10.8. The molecule has 0 saturated heterocycles. The lowest BCUT2D eigenvalue weighted by molar-refractivity contribution is -0.139. The van der Waals surface area contributed by atoms with Crippen molar-refractivity contribution in [2.75, 3.05) is 7.11 Å². The molecule has 1 rings (SSSR count). The molecule has 0 unspecified atom stereocenters. The molecule has 0 amide bonds. The van der Waals surface area contributed by atoms with Crippen molar-refractivity contribution in [3.05, 3.63) is 35.9 Å². The molecule has 1 aromatic rings. The predicted octanol–water partition coefficient (Wildman–Crippen LogP) is 1.88. The van der Waals surface area contributed by atoms with Gasteiger partial charge in [-0.25, -0.2) is 0 Å². The minimum Gasteiger partial charge on any atom is -0.469 e. The van der Waals surface area contributed by atoms with E-state index in [-0.39, 0.29) is 5.97 Å². The van der Waals surface area contributed by atoms with Gasteiger partial charge in [0.2, 0.25) is 0 Å². The van der Waals surface area contributed by atoms with Crippen LogP contribution in [-0.4, -0.2) is 13.1 Å². The maximum Gasteiger partial charge on any atom is 0.309 e. The number of carbonyl (C=O) groups excluding carboxylic acids is 1. The average molecular weight is 198 g/mol. The number of esters is 1. The van der Waals surface area contributed by atoms with Crippen LogP contribution in [0.1, 0.15) is 5.56 Å². The lowest BCUT2D eigenvalue weighted by atomic mass is 10.2. The van der Waals surface area contributed by atoms with Gasteiger partial charge in [-0.1, -0.05) is 30.3 Å². The summed E-state index contributed by atoms with van der Waals surface area (Å²) in [5, 5.41) is 0. The highest BCUT2D eigenvalue weighted by Crippen LogP contribution is 1.99. The van der Waals surface area contributed by atoms with E-state index in [1.54, 1.807) is 9.12 Å². The first kappa shape index (κ1) is 11.8. The molecule has 0 fully saturated rings. The van der Waals surface area contributed by atoms with Crippen molar-refractivity contribution < 1.29 is 14.1 Å². The number of hydrogen-bond donors (Lipinski definition) is 0. The van der Waals surface area contributed by atoms with E-state index in [4.69, 9.17) is 4.57 Å². The molecule has 0 aliphatic carbocycles. The van der Waals surface area contributed by atoms with Gasteiger partial charge >= 0.3 is 5.97 Å². The highest BCUT2D eigenvalue weighted by Gasteiger charge is 1.99. The summed E-state index contributed by atoms with van der Waals surface area (Å²) in [4.78, 5) is 10.8. The second kappa shape index (κ2) is 7.44. The molecule has 0 spiro atoms. The van der Waals surface area contributed by atoms with Gasteiger partial charge in [-0.05, 0) is 5.56 Å². The molecule has 4 heteroatoms. The Bertz CT molecular complexity index is 248. The summed E-state index contributed by atoms with van der Waals surface area (Å²) in [5.74, 6) is -0.198. The molecule has 0 heterocycles. The molecule has 0 radical (unpaired) electrons. The SMILES string of the molecule is COC(=O)Cc1ccccc1.O=P. The van der Waals surface area contributed by atoms with E-state index in [1.807, 2.05) is 30.3 Å². The van der Waals surface area contributed by atoms with Gasteiger partial charge in [0, 0.05) is 0 Å². The first-order valence-electron chi connectivity index (χ1n) is 3.64. The first-order valence-corrected chi connectivity index (χ1v) is 4.05. The number of rotatable bonds is 2. The average Bonchev–Trinajstić information content (AvgIpc) is 2.22. The minimum absolute atomic E-state index is 0.198. The largest absolute Gasteiger partial charge is 0.469 e. The van der Waals surface area contributed by atoms with E-state index >= 15 is 0 Å². The Morgan fingerprint density at radius 1 is 1.31 bits per heavy atom. The van der Waals surface area contributed by atoms with Crippen LogP contribution in [-0.2, 0) is 20.5 Å². The Morgan fingerprint density at radius 2 is 1.85 bits per heavy atom. The molecule has 0 aromatic heterocycles. The molecule has 0 atom stereocenters. The van der Waals surface area contributed by atoms with Crippen LogP contribution in [0.2, 0.25) is 0 Å². The zero-order valence-electron chi connectivity index (χ0n) is 7.32.